The van der Waals surface area contributed by atoms with E-state index in [-0.39, 0.29) is 42.5 Å². The van der Waals surface area contributed by atoms with E-state index in [1.807, 2.05) is 20.8 Å². The molecule has 12 nitrogen and oxygen atoms in total. The zero-order chi connectivity index (χ0) is 29.9. The molecule has 2 saturated carbocycles. The fraction of sp³-hybridized carbons (Fsp3) is 0.571. The van der Waals surface area contributed by atoms with Crippen molar-refractivity contribution in [1.29, 1.82) is 0 Å². The second-order valence-corrected chi connectivity index (χ2v) is 12.4. The lowest BCUT2D eigenvalue weighted by Crippen LogP contribution is -2.68. The van der Waals surface area contributed by atoms with E-state index in [2.05, 4.69) is 5.32 Å². The number of anilines is 1. The van der Waals surface area contributed by atoms with Crippen LogP contribution in [-0.4, -0.2) is 71.6 Å². The Morgan fingerprint density at radius 3 is 2.38 bits per heavy atom. The van der Waals surface area contributed by atoms with Crippen molar-refractivity contribution >= 4 is 40.8 Å². The van der Waals surface area contributed by atoms with E-state index in [0.717, 1.165) is 0 Å². The van der Waals surface area contributed by atoms with E-state index in [1.54, 1.807) is 25.1 Å². The smallest absolute Gasteiger partial charge is 0.407 e. The first-order valence-electron chi connectivity index (χ1n) is 13.1. The van der Waals surface area contributed by atoms with E-state index in [4.69, 9.17) is 10.5 Å². The second-order valence-electron chi connectivity index (χ2n) is 12.4. The number of rotatable bonds is 5. The van der Waals surface area contributed by atoms with Gasteiger partial charge in [0, 0.05) is 44.2 Å². The summed E-state index contributed by atoms with van der Waals surface area (Å²) in [4.78, 5) is 78.9. The molecule has 0 saturated heterocycles. The van der Waals surface area contributed by atoms with Crippen LogP contribution in [0.1, 0.15) is 55.1 Å². The Balaban J connectivity index is 1.71. The highest BCUT2D eigenvalue weighted by Gasteiger charge is 2.66. The molecule has 0 heterocycles. The van der Waals surface area contributed by atoms with Crippen LogP contribution in [0, 0.1) is 29.1 Å². The van der Waals surface area contributed by atoms with Crippen molar-refractivity contribution in [3.63, 3.8) is 0 Å². The van der Waals surface area contributed by atoms with Crippen molar-refractivity contribution in [3.8, 4) is 5.75 Å². The Morgan fingerprint density at radius 2 is 1.80 bits per heavy atom. The predicted octanol–water partition coefficient (Wildman–Crippen LogP) is 0.665. The Kier molecular flexibility index (Phi) is 7.29. The molecular weight excluding hydrogens is 522 g/mol. The van der Waals surface area contributed by atoms with Gasteiger partial charge in [-0.2, -0.15) is 0 Å². The SMILES string of the molecule is CN(C)c1cc(CNC(=O)OCC(C)(C)C)c(O)c2c1C[C@H]1C[C@H]3CC(=O)C(C(N)=O)C(=O)[C@@]3(O)C(=O)C1C2=O. The van der Waals surface area contributed by atoms with Crippen LogP contribution in [-0.2, 0) is 36.9 Å². The first-order chi connectivity index (χ1) is 18.5. The number of ether oxygens (including phenoxy) is 1. The summed E-state index contributed by atoms with van der Waals surface area (Å²) in [6.45, 7) is 5.68. The number of benzene rings is 1. The van der Waals surface area contributed by atoms with Crippen LogP contribution in [0.2, 0.25) is 0 Å². The van der Waals surface area contributed by atoms with Crippen molar-refractivity contribution in [1.82, 2.24) is 5.32 Å². The summed E-state index contributed by atoms with van der Waals surface area (Å²) in [5.41, 5.74) is 3.39. The third-order valence-electron chi connectivity index (χ3n) is 8.00. The van der Waals surface area contributed by atoms with Crippen LogP contribution in [0.4, 0.5) is 10.5 Å². The van der Waals surface area contributed by atoms with E-state index in [9.17, 15) is 39.0 Å². The molecule has 3 aliphatic rings. The molecule has 1 aromatic carbocycles. The summed E-state index contributed by atoms with van der Waals surface area (Å²) < 4.78 is 5.20. The number of hydrogen-bond donors (Lipinski definition) is 4. The molecule has 0 bridgehead atoms. The largest absolute Gasteiger partial charge is 0.507 e. The Labute approximate surface area is 231 Å². The molecule has 5 N–H and O–H groups in total. The minimum atomic E-state index is -2.71. The summed E-state index contributed by atoms with van der Waals surface area (Å²) >= 11 is 0. The molecule has 2 amide bonds. The minimum Gasteiger partial charge on any atom is -0.507 e. The topological polar surface area (TPSA) is 193 Å². The number of carbonyl (C=O) groups excluding carboxylic acids is 6. The first kappa shape index (κ1) is 29.2. The van der Waals surface area contributed by atoms with Gasteiger partial charge < -0.3 is 30.9 Å². The molecular formula is C28H35N3O9. The van der Waals surface area contributed by atoms with E-state index in [0.29, 0.717) is 11.3 Å². The number of primary amides is 1. The van der Waals surface area contributed by atoms with Gasteiger partial charge in [0.05, 0.1) is 18.1 Å². The van der Waals surface area contributed by atoms with Gasteiger partial charge in [0.25, 0.3) is 0 Å². The number of nitrogens with zero attached hydrogens (tertiary/aromatic N) is 1. The van der Waals surface area contributed by atoms with Gasteiger partial charge in [-0.1, -0.05) is 20.8 Å². The van der Waals surface area contributed by atoms with Gasteiger partial charge in [-0.05, 0) is 35.8 Å². The third-order valence-corrected chi connectivity index (χ3v) is 8.00. The molecule has 2 unspecified atom stereocenters. The number of alkyl carbamates (subject to hydrolysis) is 1. The number of phenols is 1. The number of fused-ring (bicyclic) bond motifs is 3. The number of nitrogens with one attached hydrogen (secondary N) is 1. The zero-order valence-corrected chi connectivity index (χ0v) is 23.2. The maximum absolute atomic E-state index is 13.9. The lowest BCUT2D eigenvalue weighted by atomic mass is 9.53. The number of nitrogens with two attached hydrogens (primary N) is 1. The molecule has 0 aliphatic heterocycles. The predicted molar refractivity (Wildman–Crippen MR) is 140 cm³/mol. The van der Waals surface area contributed by atoms with Gasteiger partial charge in [-0.15, -0.1) is 0 Å². The summed E-state index contributed by atoms with van der Waals surface area (Å²) in [5, 5.41) is 25.1. The Hall–Kier alpha value is -3.80. The summed E-state index contributed by atoms with van der Waals surface area (Å²) in [6.07, 6.45) is -0.936. The molecule has 2 fully saturated rings. The minimum absolute atomic E-state index is 0.0115. The number of amides is 2. The van der Waals surface area contributed by atoms with Crippen LogP contribution in [0.25, 0.3) is 0 Å². The van der Waals surface area contributed by atoms with Crippen molar-refractivity contribution < 1.29 is 43.7 Å². The van der Waals surface area contributed by atoms with Crippen molar-refractivity contribution in [2.75, 3.05) is 25.6 Å². The lowest BCUT2D eigenvalue weighted by Gasteiger charge is -2.48. The standard InChI is InChI=1S/C28H35N3O9/c1-27(2,3)11-40-26(38)30-10-13-8-16(31(4)5)15-7-12-6-14-9-17(32)20(25(29)37)24(36)28(14,39)23(35)18(12)22(34)19(15)21(13)33/h8,12,14,18,20,33,39H,6-7,9-11H2,1-5H3,(H2,29,37)(H,30,38)/t12-,14+,18?,20?,28+/m1/s1. The van der Waals surface area contributed by atoms with Gasteiger partial charge in [0.1, 0.15) is 5.75 Å². The summed E-state index contributed by atoms with van der Waals surface area (Å²) in [6, 6.07) is 1.64. The van der Waals surface area contributed by atoms with Crippen molar-refractivity contribution in [2.45, 2.75) is 52.2 Å². The molecule has 4 rings (SSSR count). The van der Waals surface area contributed by atoms with Crippen LogP contribution in [0.5, 0.6) is 5.75 Å². The van der Waals surface area contributed by atoms with Gasteiger partial charge in [0.15, 0.2) is 34.7 Å². The maximum Gasteiger partial charge on any atom is 0.407 e. The molecule has 216 valence electrons. The molecule has 3 aliphatic carbocycles. The molecule has 40 heavy (non-hydrogen) atoms. The number of ketones is 4. The van der Waals surface area contributed by atoms with Gasteiger partial charge in [-0.25, -0.2) is 4.79 Å². The molecule has 0 spiro atoms. The van der Waals surface area contributed by atoms with Crippen molar-refractivity contribution in [2.24, 2.45) is 34.8 Å². The highest BCUT2D eigenvalue weighted by atomic mass is 16.5. The number of hydrogen-bond acceptors (Lipinski definition) is 10. The number of carbonyl (C=O) groups is 6. The summed E-state index contributed by atoms with van der Waals surface area (Å²) in [5.74, 6) is -10.8. The average Bonchev–Trinajstić information content (AvgIpc) is 2.83. The zero-order valence-electron chi connectivity index (χ0n) is 23.2. The van der Waals surface area contributed by atoms with Crippen LogP contribution in [0.3, 0.4) is 0 Å². The highest BCUT2D eigenvalue weighted by Crippen LogP contribution is 2.51. The Morgan fingerprint density at radius 1 is 1.15 bits per heavy atom. The van der Waals surface area contributed by atoms with Crippen molar-refractivity contribution in [3.05, 3.63) is 22.8 Å². The third kappa shape index (κ3) is 4.74. The highest BCUT2D eigenvalue weighted by molar-refractivity contribution is 6.31. The number of Topliss-reactive ketones (excluding diaryl/α,β-unsaturated/α-hetero) is 4. The van der Waals surface area contributed by atoms with E-state index in [1.165, 1.54) is 0 Å². The quantitative estimate of drug-likeness (QED) is 0.374. The number of phenolic OH excluding ortho intramolecular Hbond substituents is 1. The normalized spacial score (nSPS) is 27.9. The number of aromatic hydroxyl groups is 1. The van der Waals surface area contributed by atoms with Gasteiger partial charge >= 0.3 is 6.09 Å². The van der Waals surface area contributed by atoms with Gasteiger partial charge in [-0.3, -0.25) is 24.0 Å². The summed E-state index contributed by atoms with van der Waals surface area (Å²) in [7, 11) is 3.48. The Bertz CT molecular complexity index is 1330. The molecule has 5 atom stereocenters. The molecule has 12 heteroatoms. The second kappa shape index (κ2) is 9.99. The van der Waals surface area contributed by atoms with Crippen LogP contribution in [0.15, 0.2) is 6.07 Å². The van der Waals surface area contributed by atoms with Crippen LogP contribution >= 0.6 is 0 Å². The fourth-order valence-corrected chi connectivity index (χ4v) is 6.10. The van der Waals surface area contributed by atoms with E-state index >= 15 is 0 Å². The molecule has 0 aromatic heterocycles. The first-order valence-corrected chi connectivity index (χ1v) is 13.1. The number of aliphatic hydroxyl groups is 1. The molecule has 0 radical (unpaired) electrons. The van der Waals surface area contributed by atoms with E-state index < -0.39 is 76.6 Å². The average molecular weight is 558 g/mol. The van der Waals surface area contributed by atoms with Crippen LogP contribution < -0.4 is 16.0 Å². The lowest BCUT2D eigenvalue weighted by molar-refractivity contribution is -0.175. The fourth-order valence-electron chi connectivity index (χ4n) is 6.10. The monoisotopic (exact) mass is 557 g/mol. The molecule has 1 aromatic rings. The van der Waals surface area contributed by atoms with Gasteiger partial charge in [0.2, 0.25) is 5.91 Å². The maximum atomic E-state index is 13.9.